The van der Waals surface area contributed by atoms with E-state index in [9.17, 15) is 9.59 Å². The second-order valence-corrected chi connectivity index (χ2v) is 7.65. The zero-order valence-corrected chi connectivity index (χ0v) is 15.4. The average Bonchev–Trinajstić information content (AvgIpc) is 3.45. The maximum absolute atomic E-state index is 11.9. The smallest absolute Gasteiger partial charge is 0.234 e. The van der Waals surface area contributed by atoms with Gasteiger partial charge in [-0.1, -0.05) is 24.3 Å². The third-order valence-electron chi connectivity index (χ3n) is 5.21. The van der Waals surface area contributed by atoms with Gasteiger partial charge in [0.2, 0.25) is 11.8 Å². The van der Waals surface area contributed by atoms with Crippen molar-refractivity contribution in [2.45, 2.75) is 38.8 Å². The summed E-state index contributed by atoms with van der Waals surface area (Å²) in [5.74, 6) is 0.593. The Balaban J connectivity index is 1.43. The number of amides is 2. The highest BCUT2D eigenvalue weighted by Gasteiger charge is 2.24. The molecule has 142 valence electrons. The second kappa shape index (κ2) is 9.14. The quantitative estimate of drug-likeness (QED) is 0.615. The van der Waals surface area contributed by atoms with Crippen molar-refractivity contribution < 1.29 is 9.59 Å². The minimum absolute atomic E-state index is 0.0330. The largest absolute Gasteiger partial charge is 0.369 e. The summed E-state index contributed by atoms with van der Waals surface area (Å²) in [5.41, 5.74) is 7.76. The van der Waals surface area contributed by atoms with Crippen molar-refractivity contribution in [2.24, 2.45) is 17.6 Å². The first-order chi connectivity index (χ1) is 12.6. The number of nitrogens with one attached hydrogen (secondary N) is 2. The molecule has 0 bridgehead atoms. The van der Waals surface area contributed by atoms with Crippen molar-refractivity contribution >= 4 is 11.8 Å². The molecule has 0 aromatic heterocycles. The van der Waals surface area contributed by atoms with E-state index in [2.05, 4.69) is 27.7 Å². The summed E-state index contributed by atoms with van der Waals surface area (Å²) in [4.78, 5) is 25.6. The third-order valence-corrected chi connectivity index (χ3v) is 5.21. The van der Waals surface area contributed by atoms with Crippen LogP contribution in [0, 0.1) is 11.8 Å². The van der Waals surface area contributed by atoms with Gasteiger partial charge in [0.15, 0.2) is 0 Å². The van der Waals surface area contributed by atoms with Gasteiger partial charge in [-0.2, -0.15) is 0 Å². The molecule has 6 nitrogen and oxygen atoms in total. The lowest BCUT2D eigenvalue weighted by molar-refractivity contribution is -0.123. The maximum Gasteiger partial charge on any atom is 0.234 e. The molecule has 1 atom stereocenters. The predicted octanol–water partition coefficient (Wildman–Crippen LogP) is 1.000. The average molecular weight is 358 g/mol. The van der Waals surface area contributed by atoms with Crippen LogP contribution in [-0.4, -0.2) is 42.9 Å². The molecule has 1 heterocycles. The minimum atomic E-state index is -0.193. The molecular formula is C20H30N4O2. The van der Waals surface area contributed by atoms with E-state index in [1.807, 2.05) is 12.1 Å². The number of piperidine rings is 1. The Morgan fingerprint density at radius 1 is 1.19 bits per heavy atom. The maximum atomic E-state index is 11.9. The molecule has 1 aliphatic heterocycles. The van der Waals surface area contributed by atoms with E-state index >= 15 is 0 Å². The van der Waals surface area contributed by atoms with Crippen LogP contribution in [0.5, 0.6) is 0 Å². The number of rotatable bonds is 9. The Bertz CT molecular complexity index is 630. The van der Waals surface area contributed by atoms with E-state index in [4.69, 9.17) is 5.73 Å². The molecule has 2 aliphatic rings. The topological polar surface area (TPSA) is 87.5 Å². The summed E-state index contributed by atoms with van der Waals surface area (Å²) in [5, 5.41) is 6.18. The van der Waals surface area contributed by atoms with E-state index in [1.165, 1.54) is 18.4 Å². The third kappa shape index (κ3) is 6.11. The second-order valence-electron chi connectivity index (χ2n) is 7.65. The molecule has 1 saturated heterocycles. The van der Waals surface area contributed by atoms with Gasteiger partial charge in [0.1, 0.15) is 0 Å². The molecule has 3 rings (SSSR count). The van der Waals surface area contributed by atoms with Crippen molar-refractivity contribution in [2.75, 3.05) is 26.2 Å². The summed E-state index contributed by atoms with van der Waals surface area (Å²) in [6.45, 7) is 4.43. The Morgan fingerprint density at radius 3 is 2.77 bits per heavy atom. The Hall–Kier alpha value is -1.92. The van der Waals surface area contributed by atoms with E-state index in [-0.39, 0.29) is 17.7 Å². The predicted molar refractivity (Wildman–Crippen MR) is 101 cm³/mol. The van der Waals surface area contributed by atoms with Crippen molar-refractivity contribution in [1.82, 2.24) is 15.5 Å². The first kappa shape index (κ1) is 18.9. The molecule has 1 aromatic rings. The monoisotopic (exact) mass is 358 g/mol. The first-order valence-corrected chi connectivity index (χ1v) is 9.67. The molecule has 26 heavy (non-hydrogen) atoms. The first-order valence-electron chi connectivity index (χ1n) is 9.67. The fourth-order valence-corrected chi connectivity index (χ4v) is 3.50. The van der Waals surface area contributed by atoms with Gasteiger partial charge in [-0.05, 0) is 55.8 Å². The SMILES string of the molecule is NC(=O)C1CCCN(Cc2cccc(CNC(=O)CNCC3CC3)c2)C1. The van der Waals surface area contributed by atoms with Crippen molar-refractivity contribution in [3.8, 4) is 0 Å². The van der Waals surface area contributed by atoms with Gasteiger partial charge < -0.3 is 16.4 Å². The summed E-state index contributed by atoms with van der Waals surface area (Å²) >= 11 is 0. The highest BCUT2D eigenvalue weighted by Crippen LogP contribution is 2.27. The number of nitrogens with zero attached hydrogens (tertiary/aromatic N) is 1. The van der Waals surface area contributed by atoms with Gasteiger partial charge in [0, 0.05) is 19.6 Å². The Morgan fingerprint density at radius 2 is 2.00 bits per heavy atom. The fraction of sp³-hybridized carbons (Fsp3) is 0.600. The normalized spacial score (nSPS) is 20.7. The molecule has 4 N–H and O–H groups in total. The molecule has 2 amide bonds. The van der Waals surface area contributed by atoms with Gasteiger partial charge in [0.05, 0.1) is 12.5 Å². The number of benzene rings is 1. The van der Waals surface area contributed by atoms with Gasteiger partial charge >= 0.3 is 0 Å². The molecule has 6 heteroatoms. The molecule has 2 fully saturated rings. The molecule has 1 saturated carbocycles. The van der Waals surface area contributed by atoms with E-state index in [0.29, 0.717) is 13.1 Å². The van der Waals surface area contributed by atoms with Gasteiger partial charge in [-0.15, -0.1) is 0 Å². The summed E-state index contributed by atoms with van der Waals surface area (Å²) in [7, 11) is 0. The van der Waals surface area contributed by atoms with Gasteiger partial charge in [0.25, 0.3) is 0 Å². The van der Waals surface area contributed by atoms with Crippen LogP contribution < -0.4 is 16.4 Å². The minimum Gasteiger partial charge on any atom is -0.369 e. The van der Waals surface area contributed by atoms with Crippen LogP contribution in [0.25, 0.3) is 0 Å². The van der Waals surface area contributed by atoms with E-state index in [0.717, 1.165) is 50.5 Å². The molecule has 1 aliphatic carbocycles. The number of primary amides is 1. The zero-order valence-electron chi connectivity index (χ0n) is 15.4. The van der Waals surface area contributed by atoms with Gasteiger partial charge in [-0.3, -0.25) is 14.5 Å². The fourth-order valence-electron chi connectivity index (χ4n) is 3.50. The molecular weight excluding hydrogens is 328 g/mol. The number of hydrogen-bond acceptors (Lipinski definition) is 4. The van der Waals surface area contributed by atoms with Crippen molar-refractivity contribution in [3.63, 3.8) is 0 Å². The highest BCUT2D eigenvalue weighted by molar-refractivity contribution is 5.78. The molecule has 1 aromatic carbocycles. The van der Waals surface area contributed by atoms with Crippen LogP contribution in [0.3, 0.4) is 0 Å². The number of nitrogens with two attached hydrogens (primary N) is 1. The molecule has 0 radical (unpaired) electrons. The van der Waals surface area contributed by atoms with Crippen LogP contribution in [0.4, 0.5) is 0 Å². The van der Waals surface area contributed by atoms with E-state index in [1.54, 1.807) is 0 Å². The summed E-state index contributed by atoms with van der Waals surface area (Å²) in [6.07, 6.45) is 4.49. The Labute approximate surface area is 155 Å². The molecule has 1 unspecified atom stereocenters. The standard InChI is InChI=1S/C20H30N4O2/c21-20(26)18-5-2-8-24(14-18)13-17-4-1-3-16(9-17)11-23-19(25)12-22-10-15-6-7-15/h1,3-4,9,15,18,22H,2,5-8,10-14H2,(H2,21,26)(H,23,25). The van der Waals surface area contributed by atoms with Crippen molar-refractivity contribution in [1.29, 1.82) is 0 Å². The number of likely N-dealkylation sites (tertiary alicyclic amines) is 1. The van der Waals surface area contributed by atoms with Crippen LogP contribution in [0.2, 0.25) is 0 Å². The number of carbonyl (C=O) groups is 2. The van der Waals surface area contributed by atoms with Crippen LogP contribution >= 0.6 is 0 Å². The van der Waals surface area contributed by atoms with E-state index < -0.39 is 0 Å². The lowest BCUT2D eigenvalue weighted by atomic mass is 9.97. The summed E-state index contributed by atoms with van der Waals surface area (Å²) < 4.78 is 0. The zero-order chi connectivity index (χ0) is 18.4. The van der Waals surface area contributed by atoms with Crippen LogP contribution in [0.15, 0.2) is 24.3 Å². The van der Waals surface area contributed by atoms with Crippen molar-refractivity contribution in [3.05, 3.63) is 35.4 Å². The highest BCUT2D eigenvalue weighted by atomic mass is 16.2. The molecule has 0 spiro atoms. The lowest BCUT2D eigenvalue weighted by Crippen LogP contribution is -2.40. The van der Waals surface area contributed by atoms with Crippen LogP contribution in [-0.2, 0) is 22.7 Å². The number of carbonyl (C=O) groups excluding carboxylic acids is 2. The van der Waals surface area contributed by atoms with Gasteiger partial charge in [-0.25, -0.2) is 0 Å². The Kier molecular flexibility index (Phi) is 6.63. The summed E-state index contributed by atoms with van der Waals surface area (Å²) in [6, 6.07) is 8.28. The van der Waals surface area contributed by atoms with Crippen LogP contribution in [0.1, 0.15) is 36.8 Å². The lowest BCUT2D eigenvalue weighted by Gasteiger charge is -2.31. The number of hydrogen-bond donors (Lipinski definition) is 3.